The van der Waals surface area contributed by atoms with Crippen LogP contribution in [0.1, 0.15) is 5.56 Å². The van der Waals surface area contributed by atoms with Crippen LogP contribution in [-0.2, 0) is 0 Å². The van der Waals surface area contributed by atoms with Crippen molar-refractivity contribution in [1.82, 2.24) is 9.94 Å². The Morgan fingerprint density at radius 1 is 1.20 bits per heavy atom. The van der Waals surface area contributed by atoms with Gasteiger partial charge in [-0.05, 0) is 30.2 Å². The van der Waals surface area contributed by atoms with Gasteiger partial charge in [0.05, 0.1) is 10.4 Å². The van der Waals surface area contributed by atoms with Crippen LogP contribution in [0.3, 0.4) is 0 Å². The van der Waals surface area contributed by atoms with Gasteiger partial charge in [-0.2, -0.15) is 0 Å². The molecule has 2 aromatic carbocycles. The smallest absolute Gasteiger partial charge is 0.157 e. The number of nitrogens with zero attached hydrogens (tertiary/aromatic N) is 2. The highest BCUT2D eigenvalue weighted by Crippen LogP contribution is 2.38. The maximum absolute atomic E-state index is 6.60. The first-order chi connectivity index (χ1) is 11.8. The summed E-state index contributed by atoms with van der Waals surface area (Å²) in [6.45, 7) is 9.61. The molecule has 0 fully saturated rings. The summed E-state index contributed by atoms with van der Waals surface area (Å²) in [5.41, 5.74) is 10.1. The van der Waals surface area contributed by atoms with Gasteiger partial charge in [-0.15, -0.1) is 5.10 Å². The van der Waals surface area contributed by atoms with E-state index in [0.717, 1.165) is 33.6 Å². The van der Waals surface area contributed by atoms with Crippen molar-refractivity contribution in [3.63, 3.8) is 0 Å². The van der Waals surface area contributed by atoms with Gasteiger partial charge in [0.25, 0.3) is 0 Å². The molecular weight excluding hydrogens is 350 g/mol. The molecule has 0 saturated heterocycles. The Bertz CT molecular complexity index is 901. The van der Waals surface area contributed by atoms with Crippen molar-refractivity contribution < 1.29 is 4.84 Å². The predicted octanol–water partition coefficient (Wildman–Crippen LogP) is 5.01. The molecule has 25 heavy (non-hydrogen) atoms. The largest absolute Gasteiger partial charge is 0.396 e. The van der Waals surface area contributed by atoms with Crippen molar-refractivity contribution >= 4 is 36.4 Å². The van der Waals surface area contributed by atoms with Gasteiger partial charge in [0.15, 0.2) is 5.82 Å². The van der Waals surface area contributed by atoms with E-state index in [-0.39, 0.29) is 0 Å². The number of halogens is 1. The molecule has 0 aliphatic heterocycles. The van der Waals surface area contributed by atoms with Gasteiger partial charge >= 0.3 is 0 Å². The van der Waals surface area contributed by atoms with Crippen LogP contribution < -0.4 is 10.6 Å². The molecule has 0 radical (unpaired) electrons. The van der Waals surface area contributed by atoms with Crippen molar-refractivity contribution in [2.75, 3.05) is 12.3 Å². The van der Waals surface area contributed by atoms with E-state index in [0.29, 0.717) is 17.4 Å². The summed E-state index contributed by atoms with van der Waals surface area (Å²) in [7, 11) is -1.17. The molecule has 3 rings (SSSR count). The fraction of sp³-hybridized carbons (Fsp3) is 0.316. The van der Waals surface area contributed by atoms with Crippen molar-refractivity contribution in [3.05, 3.63) is 47.0 Å². The van der Waals surface area contributed by atoms with E-state index >= 15 is 0 Å². The van der Waals surface area contributed by atoms with Crippen molar-refractivity contribution in [1.29, 1.82) is 0 Å². The molecule has 3 aromatic rings. The molecule has 0 aliphatic rings. The number of aromatic nitrogens is 2. The lowest BCUT2D eigenvalue weighted by atomic mass is 9.97. The summed E-state index contributed by atoms with van der Waals surface area (Å²) in [5, 5.41) is 5.95. The molecule has 0 amide bonds. The van der Waals surface area contributed by atoms with Crippen molar-refractivity contribution in [3.8, 4) is 11.1 Å². The van der Waals surface area contributed by atoms with E-state index in [9.17, 15) is 0 Å². The predicted molar refractivity (Wildman–Crippen MR) is 109 cm³/mol. The first kappa shape index (κ1) is 17.8. The Morgan fingerprint density at radius 2 is 1.88 bits per heavy atom. The average Bonchev–Trinajstić information content (AvgIpc) is 2.83. The highest BCUT2D eigenvalue weighted by atomic mass is 35.5. The molecule has 4 nitrogen and oxygen atoms in total. The third-order valence-electron chi connectivity index (χ3n) is 4.30. The van der Waals surface area contributed by atoms with E-state index in [4.69, 9.17) is 22.2 Å². The number of rotatable bonds is 5. The first-order valence-corrected chi connectivity index (χ1v) is 12.5. The summed E-state index contributed by atoms with van der Waals surface area (Å²) in [5.74, 6) is 0.467. The number of fused-ring (bicyclic) bond motifs is 1. The summed E-state index contributed by atoms with van der Waals surface area (Å²) in [4.78, 5) is 7.40. The van der Waals surface area contributed by atoms with Gasteiger partial charge < -0.3 is 10.6 Å². The highest BCUT2D eigenvalue weighted by molar-refractivity contribution is 6.76. The molecule has 0 aliphatic carbocycles. The first-order valence-electron chi connectivity index (χ1n) is 8.44. The second-order valence-electron chi connectivity index (χ2n) is 7.52. The van der Waals surface area contributed by atoms with E-state index < -0.39 is 8.07 Å². The van der Waals surface area contributed by atoms with E-state index in [1.54, 1.807) is 0 Å². The lowest BCUT2D eigenvalue weighted by molar-refractivity contribution is 0.103. The molecule has 0 atom stereocenters. The van der Waals surface area contributed by atoms with Crippen molar-refractivity contribution in [2.45, 2.75) is 32.6 Å². The number of anilines is 1. The third kappa shape index (κ3) is 3.67. The third-order valence-corrected chi connectivity index (χ3v) is 6.30. The lowest BCUT2D eigenvalue weighted by Crippen LogP contribution is -2.25. The van der Waals surface area contributed by atoms with Gasteiger partial charge in [0.2, 0.25) is 0 Å². The van der Waals surface area contributed by atoms with Gasteiger partial charge in [0, 0.05) is 13.6 Å². The average molecular weight is 374 g/mol. The summed E-state index contributed by atoms with van der Waals surface area (Å²) < 4.78 is 0. The van der Waals surface area contributed by atoms with Gasteiger partial charge in [-0.3, -0.25) is 0 Å². The number of nitrogen functional groups attached to an aromatic ring is 1. The number of aryl methyl sites for hydroxylation is 1. The van der Waals surface area contributed by atoms with Crippen LogP contribution in [0.5, 0.6) is 0 Å². The minimum Gasteiger partial charge on any atom is -0.396 e. The van der Waals surface area contributed by atoms with E-state index in [2.05, 4.69) is 24.7 Å². The topological polar surface area (TPSA) is 53.1 Å². The molecule has 0 bridgehead atoms. The van der Waals surface area contributed by atoms with Crippen LogP contribution in [0.15, 0.2) is 36.4 Å². The zero-order chi connectivity index (χ0) is 18.2. The standard InChI is InChI=1S/C19H24ClN3OSi/c1-13-17(14-8-6-5-7-9-14)15(20)12-16-18(13)19(21)22-23(16)24-10-11-25(2,3)4/h5-9,12H,10-11H2,1-4H3,(H2,21,22). The lowest BCUT2D eigenvalue weighted by Gasteiger charge is -2.16. The summed E-state index contributed by atoms with van der Waals surface area (Å²) in [6, 6.07) is 13.0. The minimum absolute atomic E-state index is 0.467. The molecular formula is C19H24ClN3OSi. The van der Waals surface area contributed by atoms with E-state index in [1.165, 1.54) is 4.85 Å². The second kappa shape index (κ2) is 6.73. The maximum Gasteiger partial charge on any atom is 0.157 e. The van der Waals surface area contributed by atoms with Gasteiger partial charge in [-0.25, -0.2) is 0 Å². The van der Waals surface area contributed by atoms with Crippen LogP contribution in [0.2, 0.25) is 30.7 Å². The van der Waals surface area contributed by atoms with Crippen LogP contribution in [0, 0.1) is 6.92 Å². The Kier molecular flexibility index (Phi) is 4.80. The van der Waals surface area contributed by atoms with Gasteiger partial charge in [0.1, 0.15) is 12.1 Å². The Hall–Kier alpha value is -1.98. The van der Waals surface area contributed by atoms with Crippen LogP contribution in [0.25, 0.3) is 22.0 Å². The molecule has 0 spiro atoms. The fourth-order valence-electron chi connectivity index (χ4n) is 2.93. The van der Waals surface area contributed by atoms with Gasteiger partial charge in [-0.1, -0.05) is 66.4 Å². The molecule has 2 N–H and O–H groups in total. The summed E-state index contributed by atoms with van der Waals surface area (Å²) >= 11 is 6.60. The molecule has 132 valence electrons. The molecule has 0 saturated carbocycles. The number of hydrogen-bond acceptors (Lipinski definition) is 3. The highest BCUT2D eigenvalue weighted by Gasteiger charge is 2.19. The molecule has 1 aromatic heterocycles. The molecule has 6 heteroatoms. The normalized spacial score (nSPS) is 11.9. The minimum atomic E-state index is -1.17. The Morgan fingerprint density at radius 3 is 2.52 bits per heavy atom. The fourth-order valence-corrected chi connectivity index (χ4v) is 3.99. The number of nitrogens with two attached hydrogens (primary N) is 1. The van der Waals surface area contributed by atoms with E-state index in [1.807, 2.05) is 43.3 Å². The van der Waals surface area contributed by atoms with Crippen LogP contribution in [0.4, 0.5) is 5.82 Å². The SMILES string of the molecule is Cc1c(-c2ccccc2)c(Cl)cc2c1c(N)nn2OCC[Si](C)(C)C. The maximum atomic E-state index is 6.60. The molecule has 0 unspecified atom stereocenters. The summed E-state index contributed by atoms with van der Waals surface area (Å²) in [6.07, 6.45) is 0. The Balaban J connectivity index is 2.04. The monoisotopic (exact) mass is 373 g/mol. The second-order valence-corrected chi connectivity index (χ2v) is 13.5. The zero-order valence-corrected chi connectivity index (χ0v) is 16.9. The molecule has 1 heterocycles. The Labute approximate surface area is 154 Å². The zero-order valence-electron chi connectivity index (χ0n) is 15.1. The van der Waals surface area contributed by atoms with Crippen molar-refractivity contribution in [2.24, 2.45) is 0 Å². The quantitative estimate of drug-likeness (QED) is 0.639. The number of benzene rings is 2. The van der Waals surface area contributed by atoms with Crippen LogP contribution >= 0.6 is 11.6 Å². The van der Waals surface area contributed by atoms with Crippen LogP contribution in [-0.4, -0.2) is 24.6 Å². The number of hydrogen-bond donors (Lipinski definition) is 1.